The van der Waals surface area contributed by atoms with E-state index in [0.717, 1.165) is 33.4 Å². The summed E-state index contributed by atoms with van der Waals surface area (Å²) in [7, 11) is 1.74. The second-order valence-electron chi connectivity index (χ2n) is 8.23. The second-order valence-corrected chi connectivity index (χ2v) is 8.23. The third-order valence-electron chi connectivity index (χ3n) is 6.21. The maximum Gasteiger partial charge on any atom is 0.283 e. The van der Waals surface area contributed by atoms with E-state index in [1.807, 2.05) is 60.9 Å². The van der Waals surface area contributed by atoms with Crippen molar-refractivity contribution in [3.63, 3.8) is 0 Å². The molecule has 162 valence electrons. The second kappa shape index (κ2) is 7.06. The van der Waals surface area contributed by atoms with Crippen LogP contribution in [-0.4, -0.2) is 22.2 Å². The largest absolute Gasteiger partial charge is 0.462 e. The lowest BCUT2D eigenvalue weighted by Crippen LogP contribution is -2.31. The average molecular weight is 436 g/mol. The van der Waals surface area contributed by atoms with Crippen molar-refractivity contribution in [1.82, 2.24) is 9.55 Å². The molecule has 1 atom stereocenters. The Kier molecular flexibility index (Phi) is 4.13. The Hall–Kier alpha value is -4.39. The lowest BCUT2D eigenvalue weighted by atomic mass is 9.79. The minimum atomic E-state index is -0.831. The molecule has 0 bridgehead atoms. The number of benzene rings is 2. The molecule has 7 nitrogen and oxygen atoms in total. The highest BCUT2D eigenvalue weighted by molar-refractivity contribution is 5.79. The van der Waals surface area contributed by atoms with E-state index in [0.29, 0.717) is 11.5 Å². The molecular formula is C26H20N4O3. The van der Waals surface area contributed by atoms with Crippen molar-refractivity contribution in [1.29, 1.82) is 0 Å². The van der Waals surface area contributed by atoms with Crippen LogP contribution in [0.3, 0.4) is 0 Å². The van der Waals surface area contributed by atoms with Gasteiger partial charge in [0.1, 0.15) is 18.1 Å². The molecule has 2 aliphatic heterocycles. The zero-order valence-electron chi connectivity index (χ0n) is 17.9. The van der Waals surface area contributed by atoms with Gasteiger partial charge in [-0.2, -0.15) is 0 Å². The van der Waals surface area contributed by atoms with Crippen LogP contribution in [0.1, 0.15) is 11.1 Å². The average Bonchev–Trinajstić information content (AvgIpc) is 3.23. The fraction of sp³-hybridized carbons (Fsp3) is 0.115. The van der Waals surface area contributed by atoms with Crippen molar-refractivity contribution < 1.29 is 9.47 Å². The number of aliphatic imine (C=N–C) groups is 1. The molecule has 0 fully saturated rings. The lowest BCUT2D eigenvalue weighted by Gasteiger charge is -2.34. The highest BCUT2D eigenvalue weighted by atomic mass is 16.5. The topological polar surface area (TPSA) is 91.7 Å². The van der Waals surface area contributed by atoms with Crippen LogP contribution >= 0.6 is 0 Å². The number of hydrogen-bond donors (Lipinski definition) is 1. The SMILES string of the molecule is Cn1cc(-c2ccc3c(c2)[C@]2(COC(N)=N2)c2cc(-c4cccnc4)ccc2O3)ccc1=O. The van der Waals surface area contributed by atoms with Crippen LogP contribution in [0.25, 0.3) is 22.3 Å². The van der Waals surface area contributed by atoms with Crippen molar-refractivity contribution in [3.05, 3.63) is 101 Å². The van der Waals surface area contributed by atoms with Crippen LogP contribution in [0.4, 0.5) is 0 Å². The zero-order valence-corrected chi connectivity index (χ0v) is 17.9. The predicted octanol–water partition coefficient (Wildman–Crippen LogP) is 3.81. The molecule has 0 saturated carbocycles. The summed E-state index contributed by atoms with van der Waals surface area (Å²) in [6.07, 6.45) is 5.39. The summed E-state index contributed by atoms with van der Waals surface area (Å²) in [6.45, 7) is 0.273. The lowest BCUT2D eigenvalue weighted by molar-refractivity contribution is 0.264. The van der Waals surface area contributed by atoms with E-state index < -0.39 is 5.54 Å². The van der Waals surface area contributed by atoms with Crippen LogP contribution in [0.5, 0.6) is 11.5 Å². The molecule has 0 aliphatic carbocycles. The molecule has 6 rings (SSSR count). The van der Waals surface area contributed by atoms with Gasteiger partial charge >= 0.3 is 0 Å². The Bertz CT molecular complexity index is 1490. The van der Waals surface area contributed by atoms with Crippen LogP contribution in [0.2, 0.25) is 0 Å². The minimum absolute atomic E-state index is 0.0602. The van der Waals surface area contributed by atoms with E-state index >= 15 is 0 Å². The number of ether oxygens (including phenoxy) is 2. The summed E-state index contributed by atoms with van der Waals surface area (Å²) >= 11 is 0. The first-order valence-electron chi connectivity index (χ1n) is 10.6. The first-order chi connectivity index (χ1) is 16.0. The minimum Gasteiger partial charge on any atom is -0.462 e. The highest BCUT2D eigenvalue weighted by Gasteiger charge is 2.47. The van der Waals surface area contributed by atoms with Crippen molar-refractivity contribution >= 4 is 6.02 Å². The van der Waals surface area contributed by atoms with Crippen LogP contribution in [-0.2, 0) is 17.3 Å². The van der Waals surface area contributed by atoms with Crippen molar-refractivity contribution in [2.45, 2.75) is 5.54 Å². The van der Waals surface area contributed by atoms with Gasteiger partial charge in [0.15, 0.2) is 5.54 Å². The van der Waals surface area contributed by atoms with Crippen molar-refractivity contribution in [3.8, 4) is 33.8 Å². The Balaban J connectivity index is 1.55. The van der Waals surface area contributed by atoms with E-state index in [9.17, 15) is 4.79 Å². The van der Waals surface area contributed by atoms with Gasteiger partial charge in [-0.05, 0) is 53.1 Å². The summed E-state index contributed by atoms with van der Waals surface area (Å²) in [5.41, 5.74) is 10.7. The number of nitrogens with two attached hydrogens (primary N) is 1. The number of aromatic nitrogens is 2. The van der Waals surface area contributed by atoms with E-state index in [1.165, 1.54) is 0 Å². The number of nitrogens with zero attached hydrogens (tertiary/aromatic N) is 3. The molecule has 2 aromatic carbocycles. The number of aryl methyl sites for hydroxylation is 1. The smallest absolute Gasteiger partial charge is 0.283 e. The van der Waals surface area contributed by atoms with Gasteiger partial charge in [0, 0.05) is 48.4 Å². The van der Waals surface area contributed by atoms with Gasteiger partial charge in [-0.3, -0.25) is 9.78 Å². The Morgan fingerprint density at radius 2 is 1.64 bits per heavy atom. The van der Waals surface area contributed by atoms with Crippen molar-refractivity contribution in [2.75, 3.05) is 6.61 Å². The number of hydrogen-bond acceptors (Lipinski definition) is 6. The molecule has 33 heavy (non-hydrogen) atoms. The first-order valence-corrected chi connectivity index (χ1v) is 10.6. The normalized spacial score (nSPS) is 18.2. The van der Waals surface area contributed by atoms with Gasteiger partial charge in [-0.25, -0.2) is 4.99 Å². The summed E-state index contributed by atoms with van der Waals surface area (Å²) < 4.78 is 13.5. The molecule has 2 aromatic heterocycles. The van der Waals surface area contributed by atoms with Gasteiger partial charge in [-0.15, -0.1) is 0 Å². The molecule has 0 saturated heterocycles. The maximum atomic E-state index is 11.9. The van der Waals surface area contributed by atoms with Crippen LogP contribution in [0.15, 0.2) is 89.0 Å². The standard InChI is InChI=1S/C26H20N4O3/c1-30-14-19(6-9-24(30)31)17-5-8-23-21(12-17)26(15-32-25(27)29-26)20-11-16(4-7-22(20)33-23)18-3-2-10-28-13-18/h2-14H,15H2,1H3,(H2,27,29)/t26-/m0/s1. The van der Waals surface area contributed by atoms with Gasteiger partial charge in [0.05, 0.1) is 0 Å². The van der Waals surface area contributed by atoms with E-state index in [4.69, 9.17) is 20.2 Å². The van der Waals surface area contributed by atoms with Gasteiger partial charge in [0.2, 0.25) is 5.56 Å². The third kappa shape index (κ3) is 3.01. The molecular weight excluding hydrogens is 416 g/mol. The fourth-order valence-electron chi connectivity index (χ4n) is 4.51. The van der Waals surface area contributed by atoms with E-state index in [-0.39, 0.29) is 18.2 Å². The molecule has 0 unspecified atom stereocenters. The molecule has 2 N–H and O–H groups in total. The van der Waals surface area contributed by atoms with Crippen molar-refractivity contribution in [2.24, 2.45) is 17.8 Å². The Labute approximate surface area is 189 Å². The highest BCUT2D eigenvalue weighted by Crippen LogP contribution is 2.52. The van der Waals surface area contributed by atoms with Crippen LogP contribution in [0, 0.1) is 0 Å². The van der Waals surface area contributed by atoms with Gasteiger partial charge in [0.25, 0.3) is 6.02 Å². The van der Waals surface area contributed by atoms with Gasteiger partial charge < -0.3 is 19.8 Å². The Morgan fingerprint density at radius 1 is 0.939 bits per heavy atom. The predicted molar refractivity (Wildman–Crippen MR) is 125 cm³/mol. The summed E-state index contributed by atoms with van der Waals surface area (Å²) in [4.78, 5) is 20.9. The van der Waals surface area contributed by atoms with E-state index in [1.54, 1.807) is 23.9 Å². The monoisotopic (exact) mass is 436 g/mol. The maximum absolute atomic E-state index is 11.9. The third-order valence-corrected chi connectivity index (χ3v) is 6.21. The Morgan fingerprint density at radius 3 is 2.24 bits per heavy atom. The summed E-state index contributed by atoms with van der Waals surface area (Å²) in [5.74, 6) is 1.42. The van der Waals surface area contributed by atoms with Gasteiger partial charge in [-0.1, -0.05) is 18.2 Å². The molecule has 2 aliphatic rings. The van der Waals surface area contributed by atoms with Crippen LogP contribution < -0.4 is 16.0 Å². The summed E-state index contributed by atoms with van der Waals surface area (Å²) in [6, 6.07) is 19.4. The quantitative estimate of drug-likeness (QED) is 0.516. The number of pyridine rings is 2. The summed E-state index contributed by atoms with van der Waals surface area (Å²) in [5, 5.41) is 0. The molecule has 4 aromatic rings. The number of fused-ring (bicyclic) bond motifs is 4. The fourth-order valence-corrected chi connectivity index (χ4v) is 4.51. The number of rotatable bonds is 2. The number of amidine groups is 1. The molecule has 4 heterocycles. The molecule has 0 amide bonds. The van der Waals surface area contributed by atoms with E-state index in [2.05, 4.69) is 11.1 Å². The molecule has 0 radical (unpaired) electrons. The molecule has 1 spiro atoms. The first kappa shape index (κ1) is 19.3. The molecule has 7 heteroatoms. The zero-order chi connectivity index (χ0) is 22.6.